The maximum Gasteiger partial charge on any atom is 0.368 e. The molecule has 2 aromatic carbocycles. The number of aryl methyl sites for hydroxylation is 3. The number of nitrogens with zero attached hydrogens (tertiary/aromatic N) is 2. The van der Waals surface area contributed by atoms with Crippen molar-refractivity contribution in [3.05, 3.63) is 110 Å². The van der Waals surface area contributed by atoms with E-state index in [1.54, 1.807) is 6.07 Å². The molecule has 0 aliphatic heterocycles. The van der Waals surface area contributed by atoms with Gasteiger partial charge in [0.2, 0.25) is 0 Å². The van der Waals surface area contributed by atoms with Crippen molar-refractivity contribution in [3.63, 3.8) is 0 Å². The summed E-state index contributed by atoms with van der Waals surface area (Å²) < 4.78 is 2.48. The maximum atomic E-state index is 13.1. The largest absolute Gasteiger partial charge is 0.368 e. The van der Waals surface area contributed by atoms with Gasteiger partial charge in [-0.3, -0.25) is 14.8 Å². The molecular weight excluding hydrogens is 416 g/mol. The smallest absolute Gasteiger partial charge is 0.316 e. The van der Waals surface area contributed by atoms with Crippen molar-refractivity contribution in [2.45, 2.75) is 39.2 Å². The topological polar surface area (TPSA) is 93.6 Å². The summed E-state index contributed by atoms with van der Waals surface area (Å²) in [6.07, 6.45) is 6.76. The Kier molecular flexibility index (Phi) is 6.22. The van der Waals surface area contributed by atoms with Crippen LogP contribution in [-0.4, -0.2) is 14.5 Å². The van der Waals surface area contributed by atoms with Gasteiger partial charge >= 0.3 is 16.8 Å². The van der Waals surface area contributed by atoms with Crippen LogP contribution in [0.5, 0.6) is 0 Å². The van der Waals surface area contributed by atoms with Crippen molar-refractivity contribution in [2.24, 2.45) is 0 Å². The minimum Gasteiger partial charge on any atom is -0.316 e. The van der Waals surface area contributed by atoms with Crippen LogP contribution in [0.2, 0.25) is 0 Å². The molecule has 0 aliphatic rings. The molecule has 0 radical (unpaired) electrons. The first-order chi connectivity index (χ1) is 15.9. The molecule has 0 spiro atoms. The SMILES string of the molecule is C=CCc1ccc(CCCn2c3cc(CC=C)c(C)cc3[n+](=O)c3c(=O)[nH]c(=O)[nH]c32)cc1. The van der Waals surface area contributed by atoms with Gasteiger partial charge in [0.1, 0.15) is 5.52 Å². The van der Waals surface area contributed by atoms with Crippen molar-refractivity contribution in [1.29, 1.82) is 0 Å². The third-order valence-corrected chi connectivity index (χ3v) is 5.93. The van der Waals surface area contributed by atoms with E-state index in [1.807, 2.05) is 29.7 Å². The van der Waals surface area contributed by atoms with E-state index in [0.717, 1.165) is 30.4 Å². The average Bonchev–Trinajstić information content (AvgIpc) is 2.78. The third-order valence-electron chi connectivity index (χ3n) is 5.93. The number of nitrogens with one attached hydrogen (secondary N) is 2. The molecule has 0 aliphatic carbocycles. The number of aromatic nitrogens is 4. The van der Waals surface area contributed by atoms with Crippen LogP contribution in [-0.2, 0) is 25.8 Å². The van der Waals surface area contributed by atoms with Crippen molar-refractivity contribution in [1.82, 2.24) is 14.5 Å². The van der Waals surface area contributed by atoms with Crippen LogP contribution in [0, 0.1) is 11.8 Å². The van der Waals surface area contributed by atoms with Gasteiger partial charge in [-0.25, -0.2) is 4.79 Å². The van der Waals surface area contributed by atoms with Gasteiger partial charge < -0.3 is 4.57 Å². The fourth-order valence-corrected chi connectivity index (χ4v) is 4.25. The van der Waals surface area contributed by atoms with Gasteiger partial charge in [0.15, 0.2) is 5.65 Å². The number of fused-ring (bicyclic) bond motifs is 2. The minimum absolute atomic E-state index is 0.105. The molecule has 0 atom stereocenters. The molecule has 33 heavy (non-hydrogen) atoms. The standard InChI is InChI=1S/C26H26N4O3/c1-4-7-18-10-12-19(13-11-18)9-6-14-29-21-16-20(8-5-2)17(3)15-22(21)30(33)23-24(29)27-26(32)28-25(23)31/h4-5,10-13,15-16H,1-2,6-9,14H2,3H3,(H-,27,28,31,32,33)/p+1. The Bertz CT molecular complexity index is 1540. The minimum atomic E-state index is -0.704. The van der Waals surface area contributed by atoms with Gasteiger partial charge in [0.05, 0.1) is 4.43 Å². The first kappa shape index (κ1) is 22.2. The summed E-state index contributed by atoms with van der Waals surface area (Å²) in [6, 6.07) is 12.1. The number of benzene rings is 2. The van der Waals surface area contributed by atoms with Gasteiger partial charge in [0, 0.05) is 17.5 Å². The van der Waals surface area contributed by atoms with Crippen LogP contribution in [0.1, 0.15) is 28.7 Å². The zero-order valence-corrected chi connectivity index (χ0v) is 18.7. The Labute approximate surface area is 190 Å². The molecule has 0 saturated heterocycles. The Hall–Kier alpha value is -4.00. The Morgan fingerprint density at radius 1 is 1.00 bits per heavy atom. The van der Waals surface area contributed by atoms with Crippen molar-refractivity contribution >= 4 is 22.2 Å². The van der Waals surface area contributed by atoms with Crippen LogP contribution in [0.25, 0.3) is 22.2 Å². The van der Waals surface area contributed by atoms with Gasteiger partial charge in [-0.05, 0) is 60.9 Å². The summed E-state index contributed by atoms with van der Waals surface area (Å²) in [5.74, 6) is 0. The molecule has 4 aromatic rings. The highest BCUT2D eigenvalue weighted by Crippen LogP contribution is 2.21. The van der Waals surface area contributed by atoms with E-state index in [4.69, 9.17) is 0 Å². The van der Waals surface area contributed by atoms with Gasteiger partial charge in [-0.15, -0.1) is 13.2 Å². The second kappa shape index (κ2) is 9.24. The van der Waals surface area contributed by atoms with Gasteiger partial charge in [-0.2, -0.15) is 0 Å². The van der Waals surface area contributed by atoms with E-state index in [2.05, 4.69) is 47.4 Å². The van der Waals surface area contributed by atoms with Crippen LogP contribution >= 0.6 is 0 Å². The summed E-state index contributed by atoms with van der Waals surface area (Å²) in [5.41, 5.74) is 4.22. The molecular formula is C26H27N4O3+. The summed E-state index contributed by atoms with van der Waals surface area (Å²) in [6.45, 7) is 10.0. The van der Waals surface area contributed by atoms with Gasteiger partial charge in [0.25, 0.3) is 5.52 Å². The highest BCUT2D eigenvalue weighted by atomic mass is 16.3. The lowest BCUT2D eigenvalue weighted by molar-refractivity contribution is -0.434. The van der Waals surface area contributed by atoms with E-state index >= 15 is 0 Å². The van der Waals surface area contributed by atoms with Gasteiger partial charge in [-0.1, -0.05) is 36.4 Å². The maximum absolute atomic E-state index is 13.1. The second-order valence-electron chi connectivity index (χ2n) is 8.22. The summed E-state index contributed by atoms with van der Waals surface area (Å²) in [5, 5.41) is 0. The van der Waals surface area contributed by atoms with E-state index in [9.17, 15) is 14.5 Å². The molecule has 7 nitrogen and oxygen atoms in total. The normalized spacial score (nSPS) is 11.2. The van der Waals surface area contributed by atoms with Crippen molar-refractivity contribution < 1.29 is 4.43 Å². The highest BCUT2D eigenvalue weighted by molar-refractivity contribution is 5.81. The molecule has 0 bridgehead atoms. The number of hydrogen-bond donors (Lipinski definition) is 2. The molecule has 0 saturated carbocycles. The van der Waals surface area contributed by atoms with Crippen molar-refractivity contribution in [3.8, 4) is 0 Å². The lowest BCUT2D eigenvalue weighted by Gasteiger charge is -2.12. The number of hydrogen-bond acceptors (Lipinski definition) is 3. The number of H-pyrrole nitrogens is 2. The molecule has 168 valence electrons. The molecule has 2 N–H and O–H groups in total. The van der Waals surface area contributed by atoms with E-state index < -0.39 is 11.2 Å². The summed E-state index contributed by atoms with van der Waals surface area (Å²) in [4.78, 5) is 42.5. The Balaban J connectivity index is 1.82. The van der Waals surface area contributed by atoms with Crippen LogP contribution in [0.15, 0.2) is 71.3 Å². The molecule has 7 heteroatoms. The zero-order chi connectivity index (χ0) is 23.5. The predicted octanol–water partition coefficient (Wildman–Crippen LogP) is 3.48. The predicted molar refractivity (Wildman–Crippen MR) is 131 cm³/mol. The Morgan fingerprint density at radius 2 is 1.70 bits per heavy atom. The van der Waals surface area contributed by atoms with Crippen LogP contribution in [0.3, 0.4) is 0 Å². The fraction of sp³-hybridized carbons (Fsp3) is 0.231. The molecule has 2 aromatic heterocycles. The first-order valence-corrected chi connectivity index (χ1v) is 11.0. The summed E-state index contributed by atoms with van der Waals surface area (Å²) >= 11 is 0. The van der Waals surface area contributed by atoms with E-state index in [-0.39, 0.29) is 11.2 Å². The fourth-order valence-electron chi connectivity index (χ4n) is 4.25. The van der Waals surface area contributed by atoms with E-state index in [1.165, 1.54) is 11.1 Å². The monoisotopic (exact) mass is 443 g/mol. The lowest BCUT2D eigenvalue weighted by Crippen LogP contribution is -2.33. The quantitative estimate of drug-likeness (QED) is 0.248. The van der Waals surface area contributed by atoms with Crippen LogP contribution < -0.4 is 15.7 Å². The molecule has 4 rings (SSSR count). The molecule has 0 fully saturated rings. The summed E-state index contributed by atoms with van der Waals surface area (Å²) in [7, 11) is 0. The van der Waals surface area contributed by atoms with Crippen molar-refractivity contribution in [2.75, 3.05) is 0 Å². The Morgan fingerprint density at radius 3 is 2.39 bits per heavy atom. The third kappa shape index (κ3) is 4.35. The first-order valence-electron chi connectivity index (χ1n) is 11.0. The molecule has 0 unspecified atom stereocenters. The zero-order valence-electron chi connectivity index (χ0n) is 18.7. The lowest BCUT2D eigenvalue weighted by atomic mass is 10.0. The number of aromatic amines is 2. The molecule has 0 amide bonds. The van der Waals surface area contributed by atoms with Crippen LogP contribution in [0.4, 0.5) is 0 Å². The number of rotatable bonds is 8. The number of allylic oxidation sites excluding steroid dienone is 2. The molecule has 2 heterocycles. The second-order valence-corrected chi connectivity index (χ2v) is 8.22. The average molecular weight is 444 g/mol. The van der Waals surface area contributed by atoms with E-state index in [0.29, 0.717) is 28.4 Å². The highest BCUT2D eigenvalue weighted by Gasteiger charge is 2.23.